The number of anilines is 1. The summed E-state index contributed by atoms with van der Waals surface area (Å²) >= 11 is 0. The lowest BCUT2D eigenvalue weighted by atomic mass is 9.99. The Bertz CT molecular complexity index is 1900. The van der Waals surface area contributed by atoms with E-state index in [-0.39, 0.29) is 10.5 Å². The Kier molecular flexibility index (Phi) is 10.4. The van der Waals surface area contributed by atoms with Crippen LogP contribution < -0.4 is 9.04 Å². The first-order valence-corrected chi connectivity index (χ1v) is 17.3. The highest BCUT2D eigenvalue weighted by molar-refractivity contribution is 7.92. The van der Waals surface area contributed by atoms with Gasteiger partial charge in [-0.1, -0.05) is 75.6 Å². The minimum Gasteiger partial charge on any atom is -0.497 e. The van der Waals surface area contributed by atoms with Crippen molar-refractivity contribution in [2.75, 3.05) is 18.0 Å². The second-order valence-electron chi connectivity index (χ2n) is 11.4. The number of nitrogens with zero attached hydrogens (tertiary/aromatic N) is 3. The van der Waals surface area contributed by atoms with E-state index in [1.807, 2.05) is 54.6 Å². The number of aromatic carboxylic acids is 1. The number of imidazole rings is 1. The molecule has 46 heavy (non-hydrogen) atoms. The molecule has 240 valence electrons. The number of hydrogen-bond donors (Lipinski definition) is 1. The molecule has 0 spiro atoms. The number of carbonyl (C=O) groups is 1. The maximum absolute atomic E-state index is 14.0. The van der Waals surface area contributed by atoms with Crippen molar-refractivity contribution in [2.45, 2.75) is 63.8 Å². The molecule has 4 aromatic carbocycles. The van der Waals surface area contributed by atoms with Crippen molar-refractivity contribution >= 4 is 32.7 Å². The van der Waals surface area contributed by atoms with Crippen molar-refractivity contribution in [3.05, 3.63) is 108 Å². The number of carboxylic acids is 1. The van der Waals surface area contributed by atoms with Gasteiger partial charge in [-0.3, -0.25) is 4.31 Å². The van der Waals surface area contributed by atoms with Crippen molar-refractivity contribution in [1.29, 1.82) is 0 Å². The second-order valence-corrected chi connectivity index (χ2v) is 13.3. The monoisotopic (exact) mass is 639 g/mol. The zero-order valence-corrected chi connectivity index (χ0v) is 27.5. The fraction of sp³-hybridized carbons (Fsp3) is 0.297. The van der Waals surface area contributed by atoms with Gasteiger partial charge in [0.05, 0.1) is 34.3 Å². The van der Waals surface area contributed by atoms with Crippen LogP contribution in [0.4, 0.5) is 5.69 Å². The molecule has 0 bridgehead atoms. The molecule has 0 fully saturated rings. The van der Waals surface area contributed by atoms with Gasteiger partial charge in [-0.05, 0) is 78.1 Å². The number of aromatic nitrogens is 2. The lowest BCUT2D eigenvalue weighted by Crippen LogP contribution is -2.32. The molecule has 8 nitrogen and oxygen atoms in total. The van der Waals surface area contributed by atoms with Crippen molar-refractivity contribution < 1.29 is 23.1 Å². The highest BCUT2D eigenvalue weighted by atomic mass is 32.2. The molecule has 0 atom stereocenters. The SMILES string of the molecule is CCCCCN(c1ccc2nc(CCCC)n(Cc3ccc(-c4ccccc4C(=O)O)cc3)c2c1)S(=O)(=O)c1ccc(OC)cc1. The molecule has 0 amide bonds. The molecule has 0 saturated heterocycles. The summed E-state index contributed by atoms with van der Waals surface area (Å²) < 4.78 is 37.0. The second kappa shape index (κ2) is 14.6. The van der Waals surface area contributed by atoms with Gasteiger partial charge >= 0.3 is 5.97 Å². The number of aryl methyl sites for hydroxylation is 1. The molecule has 0 aliphatic carbocycles. The number of fused-ring (bicyclic) bond motifs is 1. The Morgan fingerprint density at radius 3 is 2.28 bits per heavy atom. The van der Waals surface area contributed by atoms with Crippen LogP contribution in [0, 0.1) is 0 Å². The summed E-state index contributed by atoms with van der Waals surface area (Å²) in [5, 5.41) is 9.66. The summed E-state index contributed by atoms with van der Waals surface area (Å²) in [5.74, 6) is 0.587. The van der Waals surface area contributed by atoms with E-state index in [0.717, 1.165) is 66.5 Å². The molecule has 0 radical (unpaired) electrons. The Morgan fingerprint density at radius 2 is 1.61 bits per heavy atom. The molecule has 0 aliphatic heterocycles. The molecule has 0 saturated carbocycles. The molecule has 1 N–H and O–H groups in total. The topological polar surface area (TPSA) is 102 Å². The largest absolute Gasteiger partial charge is 0.497 e. The normalized spacial score (nSPS) is 11.5. The van der Waals surface area contributed by atoms with Gasteiger partial charge in [0.1, 0.15) is 11.6 Å². The smallest absolute Gasteiger partial charge is 0.336 e. The van der Waals surface area contributed by atoms with Gasteiger partial charge in [-0.2, -0.15) is 0 Å². The average Bonchev–Trinajstić information content (AvgIpc) is 3.41. The quantitative estimate of drug-likeness (QED) is 0.116. The Hall–Kier alpha value is -4.63. The van der Waals surface area contributed by atoms with Gasteiger partial charge in [0.25, 0.3) is 10.0 Å². The van der Waals surface area contributed by atoms with E-state index >= 15 is 0 Å². The van der Waals surface area contributed by atoms with Crippen LogP contribution in [0.2, 0.25) is 0 Å². The predicted molar refractivity (Wildman–Crippen MR) is 183 cm³/mol. The maximum atomic E-state index is 14.0. The number of unbranched alkanes of at least 4 members (excludes halogenated alkanes) is 3. The van der Waals surface area contributed by atoms with Crippen LogP contribution in [0.15, 0.2) is 95.9 Å². The maximum Gasteiger partial charge on any atom is 0.336 e. The van der Waals surface area contributed by atoms with Gasteiger partial charge in [0.2, 0.25) is 0 Å². The number of benzene rings is 4. The van der Waals surface area contributed by atoms with Gasteiger partial charge in [0, 0.05) is 19.5 Å². The van der Waals surface area contributed by atoms with Gasteiger partial charge in [0.15, 0.2) is 0 Å². The first-order chi connectivity index (χ1) is 22.3. The Labute approximate surface area is 271 Å². The van der Waals surface area contributed by atoms with Crippen LogP contribution in [-0.2, 0) is 23.0 Å². The number of sulfonamides is 1. The first kappa shape index (κ1) is 32.8. The van der Waals surface area contributed by atoms with Gasteiger partial charge in [-0.25, -0.2) is 18.2 Å². The molecule has 1 heterocycles. The number of methoxy groups -OCH3 is 1. The van der Waals surface area contributed by atoms with Crippen molar-refractivity contribution in [3.63, 3.8) is 0 Å². The third-order valence-corrected chi connectivity index (χ3v) is 10.1. The highest BCUT2D eigenvalue weighted by Crippen LogP contribution is 2.31. The van der Waals surface area contributed by atoms with E-state index in [2.05, 4.69) is 18.4 Å². The fourth-order valence-electron chi connectivity index (χ4n) is 5.68. The summed E-state index contributed by atoms with van der Waals surface area (Å²) in [4.78, 5) is 17.0. The van der Waals surface area contributed by atoms with E-state index < -0.39 is 16.0 Å². The van der Waals surface area contributed by atoms with Gasteiger partial charge in [-0.15, -0.1) is 0 Å². The van der Waals surface area contributed by atoms with Crippen molar-refractivity contribution in [2.24, 2.45) is 0 Å². The number of hydrogen-bond acceptors (Lipinski definition) is 5. The minimum atomic E-state index is -3.84. The third kappa shape index (κ3) is 7.10. The van der Waals surface area contributed by atoms with Gasteiger partial charge < -0.3 is 14.4 Å². The van der Waals surface area contributed by atoms with E-state index in [1.54, 1.807) is 43.5 Å². The predicted octanol–water partition coefficient (Wildman–Crippen LogP) is 8.19. The molecule has 5 aromatic rings. The van der Waals surface area contributed by atoms with Crippen molar-refractivity contribution in [3.8, 4) is 16.9 Å². The summed E-state index contributed by atoms with van der Waals surface area (Å²) in [7, 11) is -2.29. The molecule has 0 unspecified atom stereocenters. The summed E-state index contributed by atoms with van der Waals surface area (Å²) in [6, 6.07) is 27.1. The average molecular weight is 640 g/mol. The van der Waals surface area contributed by atoms with Crippen molar-refractivity contribution in [1.82, 2.24) is 9.55 Å². The molecular weight excluding hydrogens is 598 g/mol. The fourth-order valence-corrected chi connectivity index (χ4v) is 7.18. The zero-order valence-electron chi connectivity index (χ0n) is 26.6. The molecule has 0 aliphatic rings. The van der Waals surface area contributed by atoms with Crippen LogP contribution in [0.5, 0.6) is 5.75 Å². The van der Waals surface area contributed by atoms with E-state index in [1.165, 1.54) is 4.31 Å². The van der Waals surface area contributed by atoms with E-state index in [0.29, 0.717) is 30.1 Å². The first-order valence-electron chi connectivity index (χ1n) is 15.8. The van der Waals surface area contributed by atoms with Crippen LogP contribution in [-0.4, -0.2) is 42.7 Å². The molecule has 9 heteroatoms. The Morgan fingerprint density at radius 1 is 0.891 bits per heavy atom. The van der Waals surface area contributed by atoms with Crippen LogP contribution in [0.25, 0.3) is 22.2 Å². The summed E-state index contributed by atoms with van der Waals surface area (Å²) in [6.45, 7) is 5.16. The Balaban J connectivity index is 1.54. The van der Waals surface area contributed by atoms with Crippen LogP contribution in [0.3, 0.4) is 0 Å². The highest BCUT2D eigenvalue weighted by Gasteiger charge is 2.26. The van der Waals surface area contributed by atoms with Crippen LogP contribution in [0.1, 0.15) is 67.7 Å². The molecule has 5 rings (SSSR count). The standard InChI is InChI=1S/C37H41N3O5S/c1-4-6-10-24-40(46(43,44)31-21-19-30(45-3)20-22-31)29-18-23-34-35(25-29)39(36(38-34)13-7-5-2)26-27-14-16-28(17-15-27)32-11-8-9-12-33(32)37(41)42/h8-9,11-12,14-23,25H,4-7,10,13,24,26H2,1-3H3,(H,41,42). The minimum absolute atomic E-state index is 0.214. The lowest BCUT2D eigenvalue weighted by molar-refractivity contribution is 0.0697. The summed E-state index contributed by atoms with van der Waals surface area (Å²) in [5.41, 5.74) is 5.08. The van der Waals surface area contributed by atoms with Crippen LogP contribution >= 0.6 is 0 Å². The third-order valence-electron chi connectivity index (χ3n) is 8.23. The number of rotatable bonds is 15. The molecular formula is C37H41N3O5S. The van der Waals surface area contributed by atoms with E-state index in [9.17, 15) is 18.3 Å². The number of ether oxygens (including phenoxy) is 1. The lowest BCUT2D eigenvalue weighted by Gasteiger charge is -2.25. The molecule has 1 aromatic heterocycles. The number of carboxylic acid groups (broad SMARTS) is 1. The van der Waals surface area contributed by atoms with E-state index in [4.69, 9.17) is 9.72 Å². The zero-order chi connectivity index (χ0) is 32.7. The summed E-state index contributed by atoms with van der Waals surface area (Å²) in [6.07, 6.45) is 5.44.